The summed E-state index contributed by atoms with van der Waals surface area (Å²) in [5.41, 5.74) is 0.350. The average molecular weight is 304 g/mol. The fourth-order valence-corrected chi connectivity index (χ4v) is 4.02. The van der Waals surface area contributed by atoms with E-state index in [2.05, 4.69) is 6.58 Å². The van der Waals surface area contributed by atoms with E-state index in [9.17, 15) is 9.59 Å². The molecule has 0 heterocycles. The first kappa shape index (κ1) is 18.8. The van der Waals surface area contributed by atoms with Crippen molar-refractivity contribution in [3.05, 3.63) is 12.2 Å². The fraction of sp³-hybridized carbons (Fsp3) is 0.692. The van der Waals surface area contributed by atoms with E-state index in [0.717, 1.165) is 0 Å². The Morgan fingerprint density at radius 2 is 1.65 bits per heavy atom. The monoisotopic (exact) mass is 304 g/mol. The van der Waals surface area contributed by atoms with Gasteiger partial charge in [-0.3, -0.25) is 4.79 Å². The van der Waals surface area contributed by atoms with E-state index in [1.807, 2.05) is 13.8 Å². The average Bonchev–Trinajstić information content (AvgIpc) is 2.34. The molecule has 7 heteroatoms. The standard InChI is InChI=1S/C13H24O6Si/c1-6-17-20(18-7-2,19-12(5)14)10-8-9-16-13(15)11(3)4/h3,6-10H2,1-2,4-5H3. The minimum Gasteiger partial charge on any atom is -0.473 e. The number of hydrogen-bond acceptors (Lipinski definition) is 6. The van der Waals surface area contributed by atoms with Crippen LogP contribution >= 0.6 is 0 Å². The number of rotatable bonds is 10. The van der Waals surface area contributed by atoms with Crippen LogP contribution in [0.1, 0.15) is 34.1 Å². The van der Waals surface area contributed by atoms with Gasteiger partial charge in [0, 0.05) is 31.8 Å². The van der Waals surface area contributed by atoms with Crippen LogP contribution in [0.15, 0.2) is 12.2 Å². The Kier molecular flexibility index (Phi) is 9.11. The third-order valence-electron chi connectivity index (χ3n) is 2.24. The molecule has 0 amide bonds. The molecule has 116 valence electrons. The normalized spacial score (nSPS) is 11.0. The zero-order chi connectivity index (χ0) is 15.6. The van der Waals surface area contributed by atoms with Crippen molar-refractivity contribution in [1.29, 1.82) is 0 Å². The summed E-state index contributed by atoms with van der Waals surface area (Å²) in [6.45, 7) is 11.0. The number of ether oxygens (including phenoxy) is 1. The van der Waals surface area contributed by atoms with Gasteiger partial charge in [0.05, 0.1) is 6.61 Å². The number of hydrogen-bond donors (Lipinski definition) is 0. The first-order valence-corrected chi connectivity index (χ1v) is 8.60. The highest BCUT2D eigenvalue weighted by molar-refractivity contribution is 6.62. The minimum atomic E-state index is -3.02. The molecule has 0 unspecified atom stereocenters. The van der Waals surface area contributed by atoms with E-state index in [-0.39, 0.29) is 6.61 Å². The molecule has 0 bridgehead atoms. The molecule has 0 saturated heterocycles. The van der Waals surface area contributed by atoms with Gasteiger partial charge in [-0.1, -0.05) is 6.58 Å². The summed E-state index contributed by atoms with van der Waals surface area (Å²) in [5.74, 6) is -0.866. The second-order valence-corrected chi connectivity index (χ2v) is 6.81. The highest BCUT2D eigenvalue weighted by Gasteiger charge is 2.43. The quantitative estimate of drug-likeness (QED) is 0.266. The van der Waals surface area contributed by atoms with Crippen LogP contribution in [-0.4, -0.2) is 40.6 Å². The van der Waals surface area contributed by atoms with Gasteiger partial charge in [0.15, 0.2) is 0 Å². The molecular formula is C13H24O6Si. The van der Waals surface area contributed by atoms with Crippen LogP contribution in [-0.2, 0) is 27.6 Å². The van der Waals surface area contributed by atoms with E-state index >= 15 is 0 Å². The van der Waals surface area contributed by atoms with Gasteiger partial charge in [0.25, 0.3) is 5.97 Å². The lowest BCUT2D eigenvalue weighted by molar-refractivity contribution is -0.140. The molecule has 0 fully saturated rings. The van der Waals surface area contributed by atoms with E-state index in [1.165, 1.54) is 6.92 Å². The summed E-state index contributed by atoms with van der Waals surface area (Å²) < 4.78 is 21.4. The molecule has 0 aliphatic heterocycles. The van der Waals surface area contributed by atoms with E-state index in [4.69, 9.17) is 18.0 Å². The van der Waals surface area contributed by atoms with Crippen LogP contribution in [0.2, 0.25) is 6.04 Å². The van der Waals surface area contributed by atoms with E-state index in [1.54, 1.807) is 6.92 Å². The van der Waals surface area contributed by atoms with Gasteiger partial charge in [0.1, 0.15) is 0 Å². The predicted molar refractivity (Wildman–Crippen MR) is 76.0 cm³/mol. The number of carbonyl (C=O) groups is 2. The smallest absolute Gasteiger partial charge is 0.473 e. The zero-order valence-corrected chi connectivity index (χ0v) is 13.7. The Morgan fingerprint density at radius 3 is 2.05 bits per heavy atom. The summed E-state index contributed by atoms with van der Waals surface area (Å²) in [7, 11) is -3.02. The van der Waals surface area contributed by atoms with Crippen LogP contribution in [0.3, 0.4) is 0 Å². The Balaban J connectivity index is 4.43. The molecule has 0 spiro atoms. The van der Waals surface area contributed by atoms with Gasteiger partial charge in [-0.25, -0.2) is 4.79 Å². The van der Waals surface area contributed by atoms with E-state index < -0.39 is 20.7 Å². The molecular weight excluding hydrogens is 280 g/mol. The topological polar surface area (TPSA) is 71.1 Å². The van der Waals surface area contributed by atoms with Crippen molar-refractivity contribution in [3.8, 4) is 0 Å². The summed E-state index contributed by atoms with van der Waals surface area (Å²) in [6, 6.07) is 0.414. The SMILES string of the molecule is C=C(C)C(=O)OCCC[Si](OCC)(OCC)OC(C)=O. The van der Waals surface area contributed by atoms with Gasteiger partial charge >= 0.3 is 14.8 Å². The molecule has 0 radical (unpaired) electrons. The molecule has 0 saturated carbocycles. The fourth-order valence-electron chi connectivity index (χ4n) is 1.53. The van der Waals surface area contributed by atoms with Crippen molar-refractivity contribution < 1.29 is 27.6 Å². The van der Waals surface area contributed by atoms with Crippen molar-refractivity contribution in [2.24, 2.45) is 0 Å². The van der Waals surface area contributed by atoms with Gasteiger partial charge in [-0.05, 0) is 27.2 Å². The summed E-state index contributed by atoms with van der Waals surface area (Å²) >= 11 is 0. The van der Waals surface area contributed by atoms with Crippen LogP contribution in [0.5, 0.6) is 0 Å². The maximum atomic E-state index is 11.2. The molecule has 0 aliphatic rings. The second kappa shape index (κ2) is 9.68. The molecule has 0 rings (SSSR count). The molecule has 0 aliphatic carbocycles. The lowest BCUT2D eigenvalue weighted by atomic mass is 10.4. The third kappa shape index (κ3) is 7.42. The molecule has 20 heavy (non-hydrogen) atoms. The van der Waals surface area contributed by atoms with Gasteiger partial charge in [0.2, 0.25) is 0 Å². The first-order valence-electron chi connectivity index (χ1n) is 6.67. The van der Waals surface area contributed by atoms with Crippen molar-refractivity contribution in [2.45, 2.75) is 40.2 Å². The first-order chi connectivity index (χ1) is 9.37. The summed E-state index contributed by atoms with van der Waals surface area (Å²) in [4.78, 5) is 22.4. The number of esters is 1. The van der Waals surface area contributed by atoms with Crippen molar-refractivity contribution in [2.75, 3.05) is 19.8 Å². The maximum absolute atomic E-state index is 11.2. The van der Waals surface area contributed by atoms with Crippen molar-refractivity contribution in [3.63, 3.8) is 0 Å². The molecule has 0 aromatic carbocycles. The maximum Gasteiger partial charge on any atom is 0.568 e. The minimum absolute atomic E-state index is 0.210. The third-order valence-corrected chi connectivity index (χ3v) is 5.26. The summed E-state index contributed by atoms with van der Waals surface area (Å²) in [5, 5.41) is 0. The number of carbonyl (C=O) groups excluding carboxylic acids is 2. The lowest BCUT2D eigenvalue weighted by Gasteiger charge is -2.27. The highest BCUT2D eigenvalue weighted by Crippen LogP contribution is 2.18. The van der Waals surface area contributed by atoms with Crippen molar-refractivity contribution >= 4 is 20.7 Å². The highest BCUT2D eigenvalue weighted by atomic mass is 28.4. The van der Waals surface area contributed by atoms with Gasteiger partial charge < -0.3 is 18.0 Å². The van der Waals surface area contributed by atoms with Crippen LogP contribution in [0.4, 0.5) is 0 Å². The zero-order valence-electron chi connectivity index (χ0n) is 12.7. The molecule has 0 N–H and O–H groups in total. The van der Waals surface area contributed by atoms with Gasteiger partial charge in [-0.2, -0.15) is 0 Å². The summed E-state index contributed by atoms with van der Waals surface area (Å²) in [6.07, 6.45) is 0.499. The Labute approximate surface area is 121 Å². The van der Waals surface area contributed by atoms with Crippen molar-refractivity contribution in [1.82, 2.24) is 0 Å². The van der Waals surface area contributed by atoms with E-state index in [0.29, 0.717) is 31.3 Å². The Morgan fingerprint density at radius 1 is 1.10 bits per heavy atom. The van der Waals surface area contributed by atoms with Crippen LogP contribution < -0.4 is 0 Å². The molecule has 0 aromatic heterocycles. The Bertz CT molecular complexity index is 336. The molecule has 6 nitrogen and oxygen atoms in total. The van der Waals surface area contributed by atoms with Crippen LogP contribution in [0, 0.1) is 0 Å². The molecule has 0 atom stereocenters. The van der Waals surface area contributed by atoms with Gasteiger partial charge in [-0.15, -0.1) is 0 Å². The molecule has 0 aromatic rings. The largest absolute Gasteiger partial charge is 0.568 e. The lowest BCUT2D eigenvalue weighted by Crippen LogP contribution is -2.47. The Hall–Kier alpha value is -1.18. The predicted octanol–water partition coefficient (Wildman–Crippen LogP) is 2.07. The second-order valence-electron chi connectivity index (χ2n) is 4.16. The van der Waals surface area contributed by atoms with Crippen LogP contribution in [0.25, 0.3) is 0 Å².